The number of rotatable bonds is 5. The van der Waals surface area contributed by atoms with E-state index in [4.69, 9.17) is 39.5 Å². The largest absolute Gasteiger partial charge is 0.490 e. The maximum absolute atomic E-state index is 12.5. The van der Waals surface area contributed by atoms with Crippen LogP contribution in [0.1, 0.15) is 18.4 Å². The summed E-state index contributed by atoms with van der Waals surface area (Å²) in [5.41, 5.74) is 0.648. The zero-order valence-corrected chi connectivity index (χ0v) is 19.3. The summed E-state index contributed by atoms with van der Waals surface area (Å²) in [6.45, 7) is 1.32. The molecular weight excluding hydrogens is 471 g/mol. The van der Waals surface area contributed by atoms with Gasteiger partial charge in [-0.1, -0.05) is 40.9 Å². The van der Waals surface area contributed by atoms with Gasteiger partial charge in [0.1, 0.15) is 11.9 Å². The number of sulfone groups is 1. The lowest BCUT2D eigenvalue weighted by Gasteiger charge is -2.32. The summed E-state index contributed by atoms with van der Waals surface area (Å²) >= 11 is 18.1. The van der Waals surface area contributed by atoms with Crippen LogP contribution in [0.4, 0.5) is 4.79 Å². The number of hydrogen-bond donors (Lipinski definition) is 1. The van der Waals surface area contributed by atoms with Gasteiger partial charge >= 0.3 is 6.03 Å². The van der Waals surface area contributed by atoms with E-state index in [2.05, 4.69) is 5.32 Å². The maximum Gasteiger partial charge on any atom is 0.317 e. The number of urea groups is 1. The van der Waals surface area contributed by atoms with Gasteiger partial charge < -0.3 is 15.0 Å². The molecule has 0 radical (unpaired) electrons. The van der Waals surface area contributed by atoms with Gasteiger partial charge in [-0.05, 0) is 29.8 Å². The van der Waals surface area contributed by atoms with E-state index in [-0.39, 0.29) is 23.6 Å². The molecule has 1 fully saturated rings. The van der Waals surface area contributed by atoms with Gasteiger partial charge in [0, 0.05) is 49.8 Å². The zero-order chi connectivity index (χ0) is 21.9. The van der Waals surface area contributed by atoms with Crippen LogP contribution in [0.3, 0.4) is 0 Å². The van der Waals surface area contributed by atoms with Crippen molar-refractivity contribution in [2.24, 2.45) is 0 Å². The summed E-state index contributed by atoms with van der Waals surface area (Å²) in [6.07, 6.45) is 2.49. The summed E-state index contributed by atoms with van der Waals surface area (Å²) in [5, 5.41) is 4.04. The molecule has 0 aromatic heterocycles. The average molecular weight is 492 g/mol. The van der Waals surface area contributed by atoms with Crippen LogP contribution in [0, 0.1) is 0 Å². The summed E-state index contributed by atoms with van der Waals surface area (Å²) in [6, 6.07) is 9.42. The fraction of sp³-hybridized carbons (Fsp3) is 0.350. The SMILES string of the molecule is CS(=O)(=O)c1ccc(CNC(=O)N2CCC(Oc3ccc(Cl)c(Cl)c3)CC2)c(Cl)c1. The van der Waals surface area contributed by atoms with E-state index in [9.17, 15) is 13.2 Å². The van der Waals surface area contributed by atoms with Crippen LogP contribution >= 0.6 is 34.8 Å². The Morgan fingerprint density at radius 2 is 1.77 bits per heavy atom. The van der Waals surface area contributed by atoms with Gasteiger partial charge in [-0.3, -0.25) is 0 Å². The van der Waals surface area contributed by atoms with E-state index < -0.39 is 9.84 Å². The van der Waals surface area contributed by atoms with Crippen molar-refractivity contribution >= 4 is 50.7 Å². The third kappa shape index (κ3) is 5.94. The molecule has 0 bridgehead atoms. The summed E-state index contributed by atoms with van der Waals surface area (Å²) < 4.78 is 29.1. The number of piperidine rings is 1. The monoisotopic (exact) mass is 490 g/mol. The first-order valence-corrected chi connectivity index (χ1v) is 12.3. The number of likely N-dealkylation sites (tertiary alicyclic amines) is 1. The third-order valence-corrected chi connectivity index (χ3v) is 7.01. The Kier molecular flexibility index (Phi) is 7.39. The fourth-order valence-electron chi connectivity index (χ4n) is 3.10. The number of halogens is 3. The summed E-state index contributed by atoms with van der Waals surface area (Å²) in [5.74, 6) is 0.652. The van der Waals surface area contributed by atoms with Crippen LogP contribution in [-0.2, 0) is 16.4 Å². The Labute approximate surface area is 191 Å². The van der Waals surface area contributed by atoms with Crippen molar-refractivity contribution in [3.63, 3.8) is 0 Å². The second-order valence-corrected chi connectivity index (χ2v) is 10.3. The smallest absolute Gasteiger partial charge is 0.317 e. The molecule has 0 atom stereocenters. The molecule has 2 aromatic rings. The van der Waals surface area contributed by atoms with Gasteiger partial charge in [-0.2, -0.15) is 0 Å². The summed E-state index contributed by atoms with van der Waals surface area (Å²) in [4.78, 5) is 14.3. The van der Waals surface area contributed by atoms with Gasteiger partial charge in [0.15, 0.2) is 9.84 Å². The van der Waals surface area contributed by atoms with E-state index in [0.29, 0.717) is 52.3 Å². The Balaban J connectivity index is 1.49. The van der Waals surface area contributed by atoms with Gasteiger partial charge in [-0.15, -0.1) is 0 Å². The van der Waals surface area contributed by atoms with Crippen molar-refractivity contribution < 1.29 is 17.9 Å². The lowest BCUT2D eigenvalue weighted by Crippen LogP contribution is -2.46. The van der Waals surface area contributed by atoms with Crippen molar-refractivity contribution in [2.75, 3.05) is 19.3 Å². The lowest BCUT2D eigenvalue weighted by molar-refractivity contribution is 0.111. The first-order chi connectivity index (χ1) is 14.1. The highest BCUT2D eigenvalue weighted by Crippen LogP contribution is 2.28. The van der Waals surface area contributed by atoms with Crippen LogP contribution in [0.2, 0.25) is 15.1 Å². The zero-order valence-electron chi connectivity index (χ0n) is 16.2. The molecule has 2 aromatic carbocycles. The molecule has 3 rings (SSSR count). The first kappa shape index (κ1) is 23.0. The highest BCUT2D eigenvalue weighted by atomic mass is 35.5. The molecule has 2 amide bonds. The highest BCUT2D eigenvalue weighted by molar-refractivity contribution is 7.90. The predicted molar refractivity (Wildman–Crippen MR) is 118 cm³/mol. The highest BCUT2D eigenvalue weighted by Gasteiger charge is 2.24. The normalized spacial score (nSPS) is 15.1. The van der Waals surface area contributed by atoms with E-state index in [0.717, 1.165) is 6.26 Å². The molecule has 10 heteroatoms. The van der Waals surface area contributed by atoms with Crippen molar-refractivity contribution in [1.82, 2.24) is 10.2 Å². The lowest BCUT2D eigenvalue weighted by atomic mass is 10.1. The first-order valence-electron chi connectivity index (χ1n) is 9.26. The van der Waals surface area contributed by atoms with Gasteiger partial charge in [0.25, 0.3) is 0 Å². The Morgan fingerprint density at radius 3 is 2.37 bits per heavy atom. The molecule has 1 N–H and O–H groups in total. The van der Waals surface area contributed by atoms with Crippen LogP contribution < -0.4 is 10.1 Å². The third-order valence-electron chi connectivity index (χ3n) is 4.81. The van der Waals surface area contributed by atoms with Crippen molar-refractivity contribution in [1.29, 1.82) is 0 Å². The van der Waals surface area contributed by atoms with E-state index in [1.807, 2.05) is 0 Å². The van der Waals surface area contributed by atoms with Gasteiger partial charge in [0.05, 0.1) is 14.9 Å². The molecular formula is C20H21Cl3N2O4S. The molecule has 0 unspecified atom stereocenters. The molecule has 0 saturated carbocycles. The van der Waals surface area contributed by atoms with Crippen molar-refractivity contribution in [3.8, 4) is 5.75 Å². The van der Waals surface area contributed by atoms with E-state index in [1.165, 1.54) is 12.1 Å². The fourth-order valence-corrected chi connectivity index (χ4v) is 4.35. The van der Waals surface area contributed by atoms with E-state index >= 15 is 0 Å². The molecule has 1 aliphatic rings. The topological polar surface area (TPSA) is 75.7 Å². The number of hydrogen-bond acceptors (Lipinski definition) is 4. The van der Waals surface area contributed by atoms with Crippen LogP contribution in [-0.4, -0.2) is 44.8 Å². The molecule has 0 aliphatic carbocycles. The minimum atomic E-state index is -3.33. The maximum atomic E-state index is 12.5. The Bertz CT molecular complexity index is 1040. The number of nitrogens with zero attached hydrogens (tertiary/aromatic N) is 1. The number of carbonyl (C=O) groups excluding carboxylic acids is 1. The second kappa shape index (κ2) is 9.64. The molecule has 1 aliphatic heterocycles. The number of amides is 2. The standard InChI is InChI=1S/C20H21Cl3N2O4S/c1-30(27,28)16-4-2-13(18(22)11-16)12-24-20(26)25-8-6-14(7-9-25)29-15-3-5-17(21)19(23)10-15/h2-5,10-11,14H,6-9,12H2,1H3,(H,24,26). The molecule has 162 valence electrons. The number of benzene rings is 2. The minimum absolute atomic E-state index is 0.00993. The molecule has 0 spiro atoms. The molecule has 1 saturated heterocycles. The predicted octanol–water partition coefficient (Wildman–Crippen LogP) is 4.80. The summed E-state index contributed by atoms with van der Waals surface area (Å²) in [7, 11) is -3.33. The van der Waals surface area contributed by atoms with Crippen LogP contribution in [0.5, 0.6) is 5.75 Å². The quantitative estimate of drug-likeness (QED) is 0.652. The second-order valence-electron chi connectivity index (χ2n) is 7.06. The minimum Gasteiger partial charge on any atom is -0.490 e. The van der Waals surface area contributed by atoms with Gasteiger partial charge in [0.2, 0.25) is 0 Å². The van der Waals surface area contributed by atoms with Crippen LogP contribution in [0.25, 0.3) is 0 Å². The van der Waals surface area contributed by atoms with Crippen molar-refractivity contribution in [3.05, 3.63) is 57.0 Å². The number of nitrogens with one attached hydrogen (secondary N) is 1. The number of ether oxygens (including phenoxy) is 1. The van der Waals surface area contributed by atoms with E-state index in [1.54, 1.807) is 29.2 Å². The van der Waals surface area contributed by atoms with Gasteiger partial charge in [-0.25, -0.2) is 13.2 Å². The van der Waals surface area contributed by atoms with Crippen molar-refractivity contribution in [2.45, 2.75) is 30.4 Å². The molecule has 1 heterocycles. The number of carbonyl (C=O) groups is 1. The van der Waals surface area contributed by atoms with Crippen LogP contribution in [0.15, 0.2) is 41.3 Å². The average Bonchev–Trinajstić information content (AvgIpc) is 2.69. The molecule has 30 heavy (non-hydrogen) atoms. The Morgan fingerprint density at radius 1 is 1.07 bits per heavy atom. The molecule has 6 nitrogen and oxygen atoms in total. The Hall–Kier alpha value is -1.67.